The smallest absolute Gasteiger partial charge is 0.320 e. The highest BCUT2D eigenvalue weighted by Gasteiger charge is 2.38. The van der Waals surface area contributed by atoms with Gasteiger partial charge in [0.15, 0.2) is 0 Å². The highest BCUT2D eigenvalue weighted by Crippen LogP contribution is 2.32. The van der Waals surface area contributed by atoms with Crippen molar-refractivity contribution in [3.63, 3.8) is 0 Å². The van der Waals surface area contributed by atoms with E-state index in [0.717, 1.165) is 25.2 Å². The second-order valence-corrected chi connectivity index (χ2v) is 11.2. The lowest BCUT2D eigenvalue weighted by Crippen LogP contribution is -2.62. The quantitative estimate of drug-likeness (QED) is 0.676. The Balaban J connectivity index is 1.65. The Morgan fingerprint density at radius 2 is 1.77 bits per heavy atom. The first-order chi connectivity index (χ1) is 14.2. The first-order valence-corrected chi connectivity index (χ1v) is 13.4. The summed E-state index contributed by atoms with van der Waals surface area (Å²) in [5.41, 5.74) is 0. The number of ether oxygens (including phenoxy) is 2. The minimum atomic E-state index is -3.37. The van der Waals surface area contributed by atoms with E-state index in [2.05, 4.69) is 18.6 Å². The number of hydrogen-bond donors (Lipinski definition) is 1. The predicted octanol–water partition coefficient (Wildman–Crippen LogP) is 2.05. The van der Waals surface area contributed by atoms with Crippen LogP contribution in [-0.4, -0.2) is 88.1 Å². The molecule has 2 aliphatic heterocycles. The van der Waals surface area contributed by atoms with E-state index in [1.807, 2.05) is 9.80 Å². The fourth-order valence-corrected chi connectivity index (χ4v) is 5.83. The van der Waals surface area contributed by atoms with E-state index in [4.69, 9.17) is 9.47 Å². The van der Waals surface area contributed by atoms with Gasteiger partial charge in [-0.05, 0) is 50.4 Å². The normalized spacial score (nSPS) is 31.2. The fourth-order valence-electron chi connectivity index (χ4n) is 5.01. The molecule has 2 atom stereocenters. The molecule has 9 heteroatoms. The monoisotopic (exact) mass is 445 g/mol. The molecule has 0 radical (unpaired) electrons. The largest absolute Gasteiger partial charge is 0.378 e. The van der Waals surface area contributed by atoms with Crippen molar-refractivity contribution < 1.29 is 22.7 Å². The van der Waals surface area contributed by atoms with E-state index < -0.39 is 10.0 Å². The third-order valence-corrected chi connectivity index (χ3v) is 7.57. The highest BCUT2D eigenvalue weighted by molar-refractivity contribution is 7.88. The Kier molecular flexibility index (Phi) is 8.40. The molecule has 3 aliphatic rings. The lowest BCUT2D eigenvalue weighted by molar-refractivity contribution is -0.0305. The maximum atomic E-state index is 13.2. The molecule has 0 bridgehead atoms. The molecule has 3 rings (SSSR count). The molecule has 2 heterocycles. The molecule has 2 saturated heterocycles. The van der Waals surface area contributed by atoms with Gasteiger partial charge in [0.2, 0.25) is 10.0 Å². The van der Waals surface area contributed by atoms with Gasteiger partial charge in [0.25, 0.3) is 0 Å². The number of morpholine rings is 1. The Hall–Kier alpha value is -0.900. The average molecular weight is 446 g/mol. The molecular formula is C21H39N3O5S. The number of likely N-dealkylation sites (tertiary alicyclic amines) is 1. The Bertz CT molecular complexity index is 658. The SMILES string of the molecule is CC(C)C1CCC(OC[C@H]2[C@@H](NS(C)(=O)=O)CCCN2C(=O)N2CCOCC2)CC1. The van der Waals surface area contributed by atoms with Crippen LogP contribution in [0.15, 0.2) is 0 Å². The summed E-state index contributed by atoms with van der Waals surface area (Å²) < 4.78 is 38.3. The van der Waals surface area contributed by atoms with Gasteiger partial charge < -0.3 is 19.3 Å². The summed E-state index contributed by atoms with van der Waals surface area (Å²) in [6.07, 6.45) is 7.30. The standard InChI is InChI=1S/C21H39N3O5S/c1-16(2)17-6-8-18(9-7-17)29-15-20-19(22-30(3,26)27)5-4-10-24(20)21(25)23-11-13-28-14-12-23/h16-20,22H,4-15H2,1-3H3/t17?,18?,19-,20-/m0/s1. The van der Waals surface area contributed by atoms with Crippen molar-refractivity contribution in [1.82, 2.24) is 14.5 Å². The van der Waals surface area contributed by atoms with Crippen LogP contribution in [0.25, 0.3) is 0 Å². The first kappa shape index (κ1) is 23.8. The number of nitrogens with one attached hydrogen (secondary N) is 1. The molecule has 0 aromatic heterocycles. The molecule has 8 nitrogen and oxygen atoms in total. The molecule has 1 aliphatic carbocycles. The van der Waals surface area contributed by atoms with Gasteiger partial charge in [0.05, 0.1) is 38.2 Å². The van der Waals surface area contributed by atoms with Crippen LogP contribution in [0, 0.1) is 11.8 Å². The van der Waals surface area contributed by atoms with Gasteiger partial charge in [-0.25, -0.2) is 17.9 Å². The Labute approximate surface area is 181 Å². The van der Waals surface area contributed by atoms with E-state index >= 15 is 0 Å². The number of nitrogens with zero attached hydrogens (tertiary/aromatic N) is 2. The van der Waals surface area contributed by atoms with E-state index in [0.29, 0.717) is 51.8 Å². The number of carbonyl (C=O) groups excluding carboxylic acids is 1. The van der Waals surface area contributed by atoms with Crippen molar-refractivity contribution in [3.8, 4) is 0 Å². The molecule has 3 fully saturated rings. The summed E-state index contributed by atoms with van der Waals surface area (Å²) in [5.74, 6) is 1.47. The maximum Gasteiger partial charge on any atom is 0.320 e. The predicted molar refractivity (Wildman–Crippen MR) is 116 cm³/mol. The van der Waals surface area contributed by atoms with Crippen LogP contribution < -0.4 is 4.72 Å². The van der Waals surface area contributed by atoms with E-state index in [1.54, 1.807) is 0 Å². The number of rotatable bonds is 6. The third-order valence-electron chi connectivity index (χ3n) is 6.84. The van der Waals surface area contributed by atoms with E-state index in [1.165, 1.54) is 19.1 Å². The van der Waals surface area contributed by atoms with Gasteiger partial charge >= 0.3 is 6.03 Å². The van der Waals surface area contributed by atoms with Gasteiger partial charge in [0.1, 0.15) is 0 Å². The topological polar surface area (TPSA) is 88.2 Å². The molecule has 2 amide bonds. The molecular weight excluding hydrogens is 406 g/mol. The number of carbonyl (C=O) groups is 1. The Morgan fingerprint density at radius 3 is 2.37 bits per heavy atom. The zero-order valence-corrected chi connectivity index (χ0v) is 19.5. The molecule has 0 aromatic rings. The molecule has 30 heavy (non-hydrogen) atoms. The summed E-state index contributed by atoms with van der Waals surface area (Å²) in [6, 6.07) is -0.632. The maximum absolute atomic E-state index is 13.2. The van der Waals surface area contributed by atoms with Crippen molar-refractivity contribution in [2.45, 2.75) is 70.6 Å². The van der Waals surface area contributed by atoms with Crippen molar-refractivity contribution >= 4 is 16.1 Å². The van der Waals surface area contributed by atoms with Gasteiger partial charge in [-0.15, -0.1) is 0 Å². The minimum absolute atomic E-state index is 0.0320. The Morgan fingerprint density at radius 1 is 1.10 bits per heavy atom. The van der Waals surface area contributed by atoms with Crippen LogP contribution in [-0.2, 0) is 19.5 Å². The van der Waals surface area contributed by atoms with Gasteiger partial charge in [-0.3, -0.25) is 0 Å². The highest BCUT2D eigenvalue weighted by atomic mass is 32.2. The van der Waals surface area contributed by atoms with Crippen molar-refractivity contribution in [2.75, 3.05) is 45.7 Å². The molecule has 0 aromatic carbocycles. The second-order valence-electron chi connectivity index (χ2n) is 9.40. The van der Waals surface area contributed by atoms with Gasteiger partial charge in [-0.2, -0.15) is 0 Å². The zero-order chi connectivity index (χ0) is 21.7. The van der Waals surface area contributed by atoms with Crippen LogP contribution >= 0.6 is 0 Å². The fraction of sp³-hybridized carbons (Fsp3) is 0.952. The zero-order valence-electron chi connectivity index (χ0n) is 18.7. The third kappa shape index (κ3) is 6.55. The summed E-state index contributed by atoms with van der Waals surface area (Å²) in [5, 5.41) is 0. The summed E-state index contributed by atoms with van der Waals surface area (Å²) in [7, 11) is -3.37. The van der Waals surface area contributed by atoms with Crippen LogP contribution in [0.1, 0.15) is 52.4 Å². The number of piperidine rings is 1. The molecule has 0 spiro atoms. The van der Waals surface area contributed by atoms with E-state index in [-0.39, 0.29) is 24.2 Å². The van der Waals surface area contributed by atoms with Crippen molar-refractivity contribution in [3.05, 3.63) is 0 Å². The van der Waals surface area contributed by atoms with Crippen molar-refractivity contribution in [2.24, 2.45) is 11.8 Å². The minimum Gasteiger partial charge on any atom is -0.378 e. The van der Waals surface area contributed by atoms with Gasteiger partial charge in [-0.1, -0.05) is 13.8 Å². The number of sulfonamides is 1. The molecule has 0 unspecified atom stereocenters. The second kappa shape index (κ2) is 10.6. The first-order valence-electron chi connectivity index (χ1n) is 11.5. The number of hydrogen-bond acceptors (Lipinski definition) is 5. The van der Waals surface area contributed by atoms with E-state index in [9.17, 15) is 13.2 Å². The lowest BCUT2D eigenvalue weighted by atomic mass is 9.80. The van der Waals surface area contributed by atoms with Crippen LogP contribution in [0.5, 0.6) is 0 Å². The number of urea groups is 1. The summed E-state index contributed by atoms with van der Waals surface area (Å²) >= 11 is 0. The molecule has 1 saturated carbocycles. The summed E-state index contributed by atoms with van der Waals surface area (Å²) in [6.45, 7) is 7.82. The molecule has 1 N–H and O–H groups in total. The van der Waals surface area contributed by atoms with Crippen LogP contribution in [0.2, 0.25) is 0 Å². The van der Waals surface area contributed by atoms with Crippen molar-refractivity contribution in [1.29, 1.82) is 0 Å². The van der Waals surface area contributed by atoms with Crippen LogP contribution in [0.4, 0.5) is 4.79 Å². The van der Waals surface area contributed by atoms with Gasteiger partial charge in [0, 0.05) is 25.7 Å². The average Bonchev–Trinajstić information content (AvgIpc) is 2.72. The molecule has 174 valence electrons. The van der Waals surface area contributed by atoms with Crippen LogP contribution in [0.3, 0.4) is 0 Å². The summed E-state index contributed by atoms with van der Waals surface area (Å²) in [4.78, 5) is 16.9. The lowest BCUT2D eigenvalue weighted by Gasteiger charge is -2.44. The number of amides is 2.